The second-order valence-corrected chi connectivity index (χ2v) is 7.13. The molecule has 0 bridgehead atoms. The molecule has 0 radical (unpaired) electrons. The molecule has 2 heterocycles. The van der Waals surface area contributed by atoms with Gasteiger partial charge in [-0.15, -0.1) is 0 Å². The molecule has 2 amide bonds. The molecule has 0 saturated carbocycles. The van der Waals surface area contributed by atoms with Gasteiger partial charge in [-0.05, 0) is 30.7 Å². The molecule has 2 atom stereocenters. The second kappa shape index (κ2) is 6.87. The third-order valence-electron chi connectivity index (χ3n) is 4.66. The first-order valence-corrected chi connectivity index (χ1v) is 9.08. The van der Waals surface area contributed by atoms with E-state index in [0.29, 0.717) is 33.3 Å². The topological polar surface area (TPSA) is 75.7 Å². The van der Waals surface area contributed by atoms with E-state index in [1.54, 1.807) is 36.4 Å². The number of nitrogens with one attached hydrogen (secondary N) is 1. The fraction of sp³-hybridized carbons (Fsp3) is 0.211. The molecule has 27 heavy (non-hydrogen) atoms. The number of cyclic esters (lactones) is 1. The molecular weight excluding hydrogens is 391 g/mol. The summed E-state index contributed by atoms with van der Waals surface area (Å²) in [5.41, 5.74) is 1.47. The molecule has 1 N–H and O–H groups in total. The SMILES string of the molecule is O=C1O[C@H](N2C(=O)CC[C@@H]2C(=O)Nc2ccc(Cl)c(Cl)c2)c2ccccc21. The van der Waals surface area contributed by atoms with Crippen LogP contribution in [0.3, 0.4) is 0 Å². The zero-order chi connectivity index (χ0) is 19.1. The molecule has 0 spiro atoms. The van der Waals surface area contributed by atoms with Gasteiger partial charge in [-0.2, -0.15) is 0 Å². The third kappa shape index (κ3) is 3.15. The van der Waals surface area contributed by atoms with E-state index in [4.69, 9.17) is 27.9 Å². The standard InChI is InChI=1S/C19H14Cl2N2O4/c20-13-6-5-10(9-14(13)21)22-17(25)15-7-8-16(24)23(15)18-11-3-1-2-4-12(11)19(26)27-18/h1-6,9,15,18H,7-8H2,(H,22,25)/t15-,18+/m1/s1. The van der Waals surface area contributed by atoms with Crippen LogP contribution >= 0.6 is 23.2 Å². The zero-order valence-corrected chi connectivity index (χ0v) is 15.5. The number of anilines is 1. The summed E-state index contributed by atoms with van der Waals surface area (Å²) in [4.78, 5) is 38.7. The van der Waals surface area contributed by atoms with Gasteiger partial charge in [0, 0.05) is 17.7 Å². The Morgan fingerprint density at radius 3 is 2.67 bits per heavy atom. The zero-order valence-electron chi connectivity index (χ0n) is 13.9. The maximum atomic E-state index is 12.8. The molecule has 0 aliphatic carbocycles. The van der Waals surface area contributed by atoms with Crippen LogP contribution in [-0.2, 0) is 14.3 Å². The Morgan fingerprint density at radius 2 is 1.89 bits per heavy atom. The van der Waals surface area contributed by atoms with Gasteiger partial charge in [-0.3, -0.25) is 14.5 Å². The number of hydrogen-bond donors (Lipinski definition) is 1. The highest BCUT2D eigenvalue weighted by Crippen LogP contribution is 2.38. The lowest BCUT2D eigenvalue weighted by molar-refractivity contribution is -0.144. The first-order chi connectivity index (χ1) is 13.0. The highest BCUT2D eigenvalue weighted by atomic mass is 35.5. The molecule has 4 rings (SSSR count). The Balaban J connectivity index is 1.59. The number of carbonyl (C=O) groups is 3. The molecule has 1 saturated heterocycles. The maximum absolute atomic E-state index is 12.8. The average molecular weight is 405 g/mol. The second-order valence-electron chi connectivity index (χ2n) is 6.32. The minimum absolute atomic E-state index is 0.204. The lowest BCUT2D eigenvalue weighted by atomic mass is 10.1. The Hall–Kier alpha value is -2.57. The van der Waals surface area contributed by atoms with E-state index >= 15 is 0 Å². The van der Waals surface area contributed by atoms with Gasteiger partial charge in [0.05, 0.1) is 15.6 Å². The average Bonchev–Trinajstić information content (AvgIpc) is 3.19. The van der Waals surface area contributed by atoms with E-state index in [1.807, 2.05) is 0 Å². The summed E-state index contributed by atoms with van der Waals surface area (Å²) in [6.07, 6.45) is -0.356. The molecule has 2 aliphatic heterocycles. The van der Waals surface area contributed by atoms with Gasteiger partial charge < -0.3 is 10.1 Å². The van der Waals surface area contributed by atoms with Crippen molar-refractivity contribution in [2.45, 2.75) is 25.1 Å². The van der Waals surface area contributed by atoms with Crippen molar-refractivity contribution in [2.75, 3.05) is 5.32 Å². The lowest BCUT2D eigenvalue weighted by Crippen LogP contribution is -2.43. The molecule has 138 valence electrons. The summed E-state index contributed by atoms with van der Waals surface area (Å²) in [5, 5.41) is 3.43. The molecular formula is C19H14Cl2N2O4. The molecule has 2 aromatic carbocycles. The predicted octanol–water partition coefficient (Wildman–Crippen LogP) is 3.79. The van der Waals surface area contributed by atoms with Crippen LogP contribution in [0.4, 0.5) is 5.69 Å². The van der Waals surface area contributed by atoms with Crippen molar-refractivity contribution in [3.05, 3.63) is 63.6 Å². The molecule has 2 aliphatic rings. The summed E-state index contributed by atoms with van der Waals surface area (Å²) in [5.74, 6) is -1.11. The lowest BCUT2D eigenvalue weighted by Gasteiger charge is -2.29. The number of halogens is 2. The van der Waals surface area contributed by atoms with E-state index in [2.05, 4.69) is 5.32 Å². The number of esters is 1. The first kappa shape index (κ1) is 17.8. The number of nitrogens with zero attached hydrogens (tertiary/aromatic N) is 1. The van der Waals surface area contributed by atoms with Gasteiger partial charge in [0.2, 0.25) is 18.0 Å². The van der Waals surface area contributed by atoms with E-state index in [-0.39, 0.29) is 18.2 Å². The Labute approximate surface area is 165 Å². The summed E-state index contributed by atoms with van der Waals surface area (Å²) in [6.45, 7) is 0. The van der Waals surface area contributed by atoms with Crippen LogP contribution in [0.5, 0.6) is 0 Å². The Kier molecular flexibility index (Phi) is 4.53. The number of fused-ring (bicyclic) bond motifs is 1. The summed E-state index contributed by atoms with van der Waals surface area (Å²) in [7, 11) is 0. The van der Waals surface area contributed by atoms with Gasteiger partial charge in [0.1, 0.15) is 6.04 Å². The van der Waals surface area contributed by atoms with Gasteiger partial charge in [-0.25, -0.2) is 4.79 Å². The summed E-state index contributed by atoms with van der Waals surface area (Å²) in [6, 6.07) is 10.8. The van der Waals surface area contributed by atoms with Crippen LogP contribution in [-0.4, -0.2) is 28.7 Å². The minimum atomic E-state index is -0.895. The van der Waals surface area contributed by atoms with Crippen molar-refractivity contribution in [2.24, 2.45) is 0 Å². The molecule has 2 aromatic rings. The van der Waals surface area contributed by atoms with Crippen LogP contribution in [0.25, 0.3) is 0 Å². The minimum Gasteiger partial charge on any atom is -0.433 e. The van der Waals surface area contributed by atoms with Crippen LogP contribution in [0, 0.1) is 0 Å². The van der Waals surface area contributed by atoms with E-state index < -0.39 is 18.2 Å². The predicted molar refractivity (Wildman–Crippen MR) is 99.6 cm³/mol. The molecule has 8 heteroatoms. The van der Waals surface area contributed by atoms with Crippen molar-refractivity contribution in [3.8, 4) is 0 Å². The van der Waals surface area contributed by atoms with Gasteiger partial charge in [0.25, 0.3) is 0 Å². The molecule has 1 fully saturated rings. The van der Waals surface area contributed by atoms with Crippen molar-refractivity contribution in [1.82, 2.24) is 4.90 Å². The molecule has 0 aromatic heterocycles. The Bertz CT molecular complexity index is 962. The highest BCUT2D eigenvalue weighted by molar-refractivity contribution is 6.42. The smallest absolute Gasteiger partial charge is 0.340 e. The van der Waals surface area contributed by atoms with Crippen LogP contribution in [0.2, 0.25) is 10.0 Å². The summed E-state index contributed by atoms with van der Waals surface area (Å²) < 4.78 is 5.40. The summed E-state index contributed by atoms with van der Waals surface area (Å²) >= 11 is 11.9. The van der Waals surface area contributed by atoms with Gasteiger partial charge >= 0.3 is 5.97 Å². The first-order valence-electron chi connectivity index (χ1n) is 8.32. The molecule has 6 nitrogen and oxygen atoms in total. The molecule has 0 unspecified atom stereocenters. The fourth-order valence-electron chi connectivity index (χ4n) is 3.39. The van der Waals surface area contributed by atoms with Gasteiger partial charge in [-0.1, -0.05) is 41.4 Å². The largest absolute Gasteiger partial charge is 0.433 e. The van der Waals surface area contributed by atoms with Crippen LogP contribution < -0.4 is 5.32 Å². The third-order valence-corrected chi connectivity index (χ3v) is 5.40. The number of hydrogen-bond acceptors (Lipinski definition) is 4. The number of ether oxygens (including phenoxy) is 1. The number of amides is 2. The van der Waals surface area contributed by atoms with Crippen LogP contribution in [0.15, 0.2) is 42.5 Å². The monoisotopic (exact) mass is 404 g/mol. The number of benzene rings is 2. The van der Waals surface area contributed by atoms with Crippen molar-refractivity contribution in [3.63, 3.8) is 0 Å². The maximum Gasteiger partial charge on any atom is 0.340 e. The Morgan fingerprint density at radius 1 is 1.11 bits per heavy atom. The van der Waals surface area contributed by atoms with Crippen molar-refractivity contribution >= 4 is 46.7 Å². The highest BCUT2D eigenvalue weighted by Gasteiger charge is 2.46. The number of carbonyl (C=O) groups excluding carboxylic acids is 3. The number of likely N-dealkylation sites (tertiary alicyclic amines) is 1. The van der Waals surface area contributed by atoms with Gasteiger partial charge in [0.15, 0.2) is 0 Å². The normalized spacial score (nSPS) is 21.2. The quantitative estimate of drug-likeness (QED) is 0.789. The van der Waals surface area contributed by atoms with Crippen molar-refractivity contribution < 1.29 is 19.1 Å². The van der Waals surface area contributed by atoms with E-state index in [0.717, 1.165) is 0 Å². The van der Waals surface area contributed by atoms with E-state index in [9.17, 15) is 14.4 Å². The number of rotatable bonds is 3. The van der Waals surface area contributed by atoms with Crippen molar-refractivity contribution in [1.29, 1.82) is 0 Å². The van der Waals surface area contributed by atoms with Crippen LogP contribution in [0.1, 0.15) is 35.0 Å². The fourth-order valence-corrected chi connectivity index (χ4v) is 3.68. The van der Waals surface area contributed by atoms with E-state index in [1.165, 1.54) is 11.0 Å².